The van der Waals surface area contributed by atoms with Gasteiger partial charge in [-0.1, -0.05) is 20.8 Å². The molecule has 1 N–H and O–H groups in total. The van der Waals surface area contributed by atoms with Gasteiger partial charge in [0.2, 0.25) is 0 Å². The van der Waals surface area contributed by atoms with E-state index in [2.05, 4.69) is 4.99 Å². The molecule has 0 aromatic carbocycles. The molecule has 64 valence electrons. The van der Waals surface area contributed by atoms with Crippen LogP contribution in [-0.2, 0) is 4.79 Å². The molecule has 0 aliphatic carbocycles. The lowest BCUT2D eigenvalue weighted by Gasteiger charge is -2.09. The number of rotatable bonds is 3. The molecule has 11 heavy (non-hydrogen) atoms. The molecule has 0 aliphatic heterocycles. The maximum Gasteiger partial charge on any atom is 0.305 e. The molecule has 0 saturated carbocycles. The summed E-state index contributed by atoms with van der Waals surface area (Å²) in [5.74, 6) is -0.795. The number of hydrogen-bond donors (Lipinski definition) is 1. The maximum absolute atomic E-state index is 10.0. The Morgan fingerprint density at radius 1 is 1.55 bits per heavy atom. The van der Waals surface area contributed by atoms with Gasteiger partial charge in [-0.3, -0.25) is 9.79 Å². The molecule has 3 nitrogen and oxygen atoms in total. The van der Waals surface area contributed by atoms with Crippen molar-refractivity contribution >= 4 is 12.2 Å². The van der Waals surface area contributed by atoms with Crippen LogP contribution in [0, 0.1) is 5.41 Å². The number of carbonyl (C=O) groups is 1. The highest BCUT2D eigenvalue weighted by atomic mass is 16.4. The third-order valence-corrected chi connectivity index (χ3v) is 0.933. The van der Waals surface area contributed by atoms with Crippen LogP contribution >= 0.6 is 0 Å². The summed E-state index contributed by atoms with van der Waals surface area (Å²) >= 11 is 0. The van der Waals surface area contributed by atoms with Crippen LogP contribution in [0.4, 0.5) is 0 Å². The van der Waals surface area contributed by atoms with E-state index in [1.54, 1.807) is 6.21 Å². The van der Waals surface area contributed by atoms with E-state index in [1.165, 1.54) is 0 Å². The lowest BCUT2D eigenvalue weighted by Crippen LogP contribution is -2.07. The SMILES string of the molecule is CC(C)(C)C=NCCC(=O)O. The van der Waals surface area contributed by atoms with Gasteiger partial charge in [0, 0.05) is 12.8 Å². The van der Waals surface area contributed by atoms with Gasteiger partial charge in [0.15, 0.2) is 0 Å². The van der Waals surface area contributed by atoms with E-state index >= 15 is 0 Å². The molecule has 0 aliphatic rings. The Labute approximate surface area is 67.1 Å². The van der Waals surface area contributed by atoms with Crippen molar-refractivity contribution in [3.05, 3.63) is 0 Å². The average Bonchev–Trinajstić information content (AvgIpc) is 1.78. The normalized spacial score (nSPS) is 12.3. The van der Waals surface area contributed by atoms with Gasteiger partial charge in [0.1, 0.15) is 0 Å². The first-order chi connectivity index (χ1) is 4.92. The maximum atomic E-state index is 10.0. The second-order valence-corrected chi connectivity index (χ2v) is 3.55. The summed E-state index contributed by atoms with van der Waals surface area (Å²) in [4.78, 5) is 14.0. The van der Waals surface area contributed by atoms with Crippen LogP contribution in [0.15, 0.2) is 4.99 Å². The van der Waals surface area contributed by atoms with Crippen LogP contribution < -0.4 is 0 Å². The van der Waals surface area contributed by atoms with E-state index in [-0.39, 0.29) is 11.8 Å². The fourth-order valence-electron chi connectivity index (χ4n) is 0.499. The summed E-state index contributed by atoms with van der Waals surface area (Å²) in [6.45, 7) is 6.46. The predicted molar refractivity (Wildman–Crippen MR) is 45.1 cm³/mol. The summed E-state index contributed by atoms with van der Waals surface area (Å²) in [6.07, 6.45) is 1.91. The Morgan fingerprint density at radius 3 is 2.45 bits per heavy atom. The topological polar surface area (TPSA) is 49.7 Å². The van der Waals surface area contributed by atoms with E-state index in [9.17, 15) is 4.79 Å². The summed E-state index contributed by atoms with van der Waals surface area (Å²) < 4.78 is 0. The summed E-state index contributed by atoms with van der Waals surface area (Å²) in [7, 11) is 0. The highest BCUT2D eigenvalue weighted by molar-refractivity contribution is 5.68. The Kier molecular flexibility index (Phi) is 3.79. The smallest absolute Gasteiger partial charge is 0.305 e. The molecule has 0 spiro atoms. The minimum Gasteiger partial charge on any atom is -0.481 e. The monoisotopic (exact) mass is 157 g/mol. The van der Waals surface area contributed by atoms with Gasteiger partial charge < -0.3 is 5.11 Å². The van der Waals surface area contributed by atoms with E-state index in [0.29, 0.717) is 6.54 Å². The highest BCUT2D eigenvalue weighted by Crippen LogP contribution is 2.07. The van der Waals surface area contributed by atoms with E-state index in [0.717, 1.165) is 0 Å². The first-order valence-corrected chi connectivity index (χ1v) is 3.64. The summed E-state index contributed by atoms with van der Waals surface area (Å²) in [5.41, 5.74) is 0.0541. The van der Waals surface area contributed by atoms with Crippen molar-refractivity contribution in [2.75, 3.05) is 6.54 Å². The molecule has 0 saturated heterocycles. The van der Waals surface area contributed by atoms with E-state index < -0.39 is 5.97 Å². The lowest BCUT2D eigenvalue weighted by atomic mass is 9.99. The van der Waals surface area contributed by atoms with Crippen molar-refractivity contribution in [3.63, 3.8) is 0 Å². The van der Waals surface area contributed by atoms with Gasteiger partial charge in [-0.15, -0.1) is 0 Å². The fraction of sp³-hybridized carbons (Fsp3) is 0.750. The minimum atomic E-state index is -0.795. The second kappa shape index (κ2) is 4.11. The fourth-order valence-corrected chi connectivity index (χ4v) is 0.499. The van der Waals surface area contributed by atoms with Crippen molar-refractivity contribution in [2.24, 2.45) is 10.4 Å². The first-order valence-electron chi connectivity index (χ1n) is 3.64. The molecule has 0 amide bonds. The van der Waals surface area contributed by atoms with Crippen LogP contribution in [0.5, 0.6) is 0 Å². The number of aliphatic carboxylic acids is 1. The van der Waals surface area contributed by atoms with Gasteiger partial charge in [-0.25, -0.2) is 0 Å². The Balaban J connectivity index is 3.54. The van der Waals surface area contributed by atoms with E-state index in [4.69, 9.17) is 5.11 Å². The van der Waals surface area contributed by atoms with Crippen molar-refractivity contribution in [1.82, 2.24) is 0 Å². The van der Waals surface area contributed by atoms with Crippen LogP contribution in [0.25, 0.3) is 0 Å². The zero-order chi connectivity index (χ0) is 8.91. The Bertz CT molecular complexity index is 156. The van der Waals surface area contributed by atoms with Gasteiger partial charge in [-0.2, -0.15) is 0 Å². The molecule has 0 heterocycles. The lowest BCUT2D eigenvalue weighted by molar-refractivity contribution is -0.136. The molecular formula is C8H15NO2. The largest absolute Gasteiger partial charge is 0.481 e. The van der Waals surface area contributed by atoms with Gasteiger partial charge in [0.05, 0.1) is 6.42 Å². The average molecular weight is 157 g/mol. The van der Waals surface area contributed by atoms with Crippen molar-refractivity contribution in [3.8, 4) is 0 Å². The number of nitrogens with zero attached hydrogens (tertiary/aromatic N) is 1. The van der Waals surface area contributed by atoms with Gasteiger partial charge >= 0.3 is 5.97 Å². The molecular weight excluding hydrogens is 142 g/mol. The minimum absolute atomic E-state index is 0.0541. The van der Waals surface area contributed by atoms with Crippen LogP contribution in [0.2, 0.25) is 0 Å². The third kappa shape index (κ3) is 9.14. The third-order valence-electron chi connectivity index (χ3n) is 0.933. The molecule has 0 bridgehead atoms. The molecule has 3 heteroatoms. The standard InChI is InChI=1S/C8H15NO2/c1-8(2,3)6-9-5-4-7(10)11/h6H,4-5H2,1-3H3,(H,10,11). The van der Waals surface area contributed by atoms with Crippen molar-refractivity contribution in [1.29, 1.82) is 0 Å². The zero-order valence-electron chi connectivity index (χ0n) is 7.29. The van der Waals surface area contributed by atoms with Crippen LogP contribution in [0.3, 0.4) is 0 Å². The number of carboxylic acids is 1. The quantitative estimate of drug-likeness (QED) is 0.632. The summed E-state index contributed by atoms with van der Waals surface area (Å²) in [6, 6.07) is 0. The van der Waals surface area contributed by atoms with Gasteiger partial charge in [0.25, 0.3) is 0 Å². The number of aliphatic imine (C=N–C) groups is 1. The summed E-state index contributed by atoms with van der Waals surface area (Å²) in [5, 5.41) is 8.27. The van der Waals surface area contributed by atoms with Crippen LogP contribution in [-0.4, -0.2) is 23.8 Å². The Morgan fingerprint density at radius 2 is 2.09 bits per heavy atom. The van der Waals surface area contributed by atoms with Gasteiger partial charge in [-0.05, 0) is 5.41 Å². The first kappa shape index (κ1) is 10.1. The number of hydrogen-bond acceptors (Lipinski definition) is 2. The molecule has 0 fully saturated rings. The van der Waals surface area contributed by atoms with Crippen molar-refractivity contribution in [2.45, 2.75) is 27.2 Å². The molecule has 0 aromatic heterocycles. The molecule has 0 rings (SSSR count). The van der Waals surface area contributed by atoms with Crippen LogP contribution in [0.1, 0.15) is 27.2 Å². The molecule has 0 unspecified atom stereocenters. The second-order valence-electron chi connectivity index (χ2n) is 3.55. The van der Waals surface area contributed by atoms with Crippen molar-refractivity contribution < 1.29 is 9.90 Å². The number of carboxylic acid groups (broad SMARTS) is 1. The zero-order valence-corrected chi connectivity index (χ0v) is 7.29. The molecule has 0 radical (unpaired) electrons. The molecule has 0 atom stereocenters. The predicted octanol–water partition coefficient (Wildman–Crippen LogP) is 1.58. The Hall–Kier alpha value is -0.860. The van der Waals surface area contributed by atoms with E-state index in [1.807, 2.05) is 20.8 Å². The molecule has 0 aromatic rings. The highest BCUT2D eigenvalue weighted by Gasteiger charge is 2.04.